The zero-order chi connectivity index (χ0) is 26.1. The summed E-state index contributed by atoms with van der Waals surface area (Å²) in [6.45, 7) is 2.08. The molecule has 194 valence electrons. The van der Waals surface area contributed by atoms with Gasteiger partial charge in [0.1, 0.15) is 5.60 Å². The Bertz CT molecular complexity index is 1400. The maximum Gasteiger partial charge on any atom is 0.303 e. The van der Waals surface area contributed by atoms with Crippen molar-refractivity contribution in [1.29, 1.82) is 0 Å². The second kappa shape index (κ2) is 8.52. The minimum Gasteiger partial charge on any atom is -0.481 e. The van der Waals surface area contributed by atoms with E-state index in [-0.39, 0.29) is 42.2 Å². The number of ketones is 2. The second-order valence-electron chi connectivity index (χ2n) is 12.0. The first-order chi connectivity index (χ1) is 17.6. The van der Waals surface area contributed by atoms with Crippen molar-refractivity contribution in [1.82, 2.24) is 4.57 Å². The SMILES string of the molecule is Cn1ccc2cc([C@H]3C[C@@]4(C)[C@@H](CC[C@]4(O)C(=O)CCC(=O)O)[C@@H]4CCC5=CC(=O)CCC5=C43)ccc21. The molecule has 1 aromatic carbocycles. The highest BCUT2D eigenvalue weighted by Crippen LogP contribution is 2.67. The lowest BCUT2D eigenvalue weighted by Crippen LogP contribution is -2.55. The first-order valence-corrected chi connectivity index (χ1v) is 13.6. The Hall–Kier alpha value is -2.99. The van der Waals surface area contributed by atoms with Gasteiger partial charge in [0.25, 0.3) is 0 Å². The summed E-state index contributed by atoms with van der Waals surface area (Å²) in [6, 6.07) is 8.71. The number of nitrogens with zero attached hydrogens (tertiary/aromatic N) is 1. The Morgan fingerprint density at radius 1 is 1.11 bits per heavy atom. The van der Waals surface area contributed by atoms with Gasteiger partial charge in [0, 0.05) is 42.9 Å². The van der Waals surface area contributed by atoms with E-state index in [4.69, 9.17) is 0 Å². The van der Waals surface area contributed by atoms with Crippen molar-refractivity contribution in [2.75, 3.05) is 0 Å². The maximum absolute atomic E-state index is 13.4. The van der Waals surface area contributed by atoms with Gasteiger partial charge in [-0.25, -0.2) is 0 Å². The highest BCUT2D eigenvalue weighted by atomic mass is 16.4. The van der Waals surface area contributed by atoms with E-state index in [1.807, 2.05) is 13.1 Å². The van der Waals surface area contributed by atoms with Crippen molar-refractivity contribution < 1.29 is 24.6 Å². The van der Waals surface area contributed by atoms with Crippen LogP contribution in [0.25, 0.3) is 10.9 Å². The van der Waals surface area contributed by atoms with Gasteiger partial charge in [-0.15, -0.1) is 0 Å². The summed E-state index contributed by atoms with van der Waals surface area (Å²) >= 11 is 0. The molecule has 6 nitrogen and oxygen atoms in total. The third kappa shape index (κ3) is 3.59. The molecule has 1 aromatic heterocycles. The van der Waals surface area contributed by atoms with Crippen LogP contribution >= 0.6 is 0 Å². The summed E-state index contributed by atoms with van der Waals surface area (Å²) in [7, 11) is 2.04. The lowest BCUT2D eigenvalue weighted by atomic mass is 9.50. The van der Waals surface area contributed by atoms with E-state index in [9.17, 15) is 24.6 Å². The summed E-state index contributed by atoms with van der Waals surface area (Å²) in [5.74, 6) is -0.686. The first kappa shape index (κ1) is 24.4. The van der Waals surface area contributed by atoms with E-state index in [0.717, 1.165) is 31.2 Å². The quantitative estimate of drug-likeness (QED) is 0.584. The molecule has 2 aromatic rings. The number of aromatic nitrogens is 1. The number of aliphatic hydroxyl groups is 1. The van der Waals surface area contributed by atoms with Crippen LogP contribution in [0, 0.1) is 17.3 Å². The Kier molecular flexibility index (Phi) is 5.61. The van der Waals surface area contributed by atoms with Gasteiger partial charge in [0.15, 0.2) is 11.6 Å². The molecule has 6 rings (SSSR count). The second-order valence-corrected chi connectivity index (χ2v) is 12.0. The molecule has 0 aliphatic heterocycles. The van der Waals surface area contributed by atoms with Gasteiger partial charge in [0.05, 0.1) is 6.42 Å². The van der Waals surface area contributed by atoms with E-state index in [0.29, 0.717) is 19.3 Å². The van der Waals surface area contributed by atoms with E-state index in [1.165, 1.54) is 27.7 Å². The Labute approximate surface area is 217 Å². The summed E-state index contributed by atoms with van der Waals surface area (Å²) in [6.07, 6.45) is 8.40. The fourth-order valence-corrected chi connectivity index (χ4v) is 8.37. The third-order valence-electron chi connectivity index (χ3n) is 10.2. The number of hydrogen-bond donors (Lipinski definition) is 2. The van der Waals surface area contributed by atoms with Gasteiger partial charge in [0.2, 0.25) is 0 Å². The fraction of sp³-hybridized carbons (Fsp3) is 0.516. The molecule has 0 unspecified atom stereocenters. The van der Waals surface area contributed by atoms with Crippen LogP contribution < -0.4 is 0 Å². The molecule has 2 fully saturated rings. The van der Waals surface area contributed by atoms with Crippen molar-refractivity contribution in [3.63, 3.8) is 0 Å². The highest BCUT2D eigenvalue weighted by Gasteiger charge is 2.65. The average molecular weight is 502 g/mol. The zero-order valence-electron chi connectivity index (χ0n) is 21.6. The van der Waals surface area contributed by atoms with E-state index < -0.39 is 17.0 Å². The van der Waals surface area contributed by atoms with Crippen LogP contribution in [-0.4, -0.2) is 37.9 Å². The van der Waals surface area contributed by atoms with Crippen LogP contribution in [0.1, 0.15) is 76.2 Å². The lowest BCUT2D eigenvalue weighted by molar-refractivity contribution is -0.156. The number of hydrogen-bond acceptors (Lipinski definition) is 4. The number of aliphatic carboxylic acids is 1. The zero-order valence-corrected chi connectivity index (χ0v) is 21.6. The highest BCUT2D eigenvalue weighted by molar-refractivity contribution is 5.93. The van der Waals surface area contributed by atoms with Gasteiger partial charge < -0.3 is 14.8 Å². The predicted molar refractivity (Wildman–Crippen MR) is 140 cm³/mol. The molecular formula is C31H35NO5. The number of benzene rings is 1. The Morgan fingerprint density at radius 2 is 1.92 bits per heavy atom. The molecule has 0 bridgehead atoms. The standard InChI is InChI=1S/C31H35NO5/c1-30-17-24(18-4-8-26-20(15-18)12-14-32(26)2)29-22-7-5-21(33)16-19(22)3-6-23(29)25(30)11-13-31(30,37)27(34)9-10-28(35)36/h4,8,12,14-16,23-25,37H,3,5-7,9-11,13,17H2,1-2H3,(H,35,36)/t23-,24+,25-,30-,31-/m0/s1. The topological polar surface area (TPSA) is 96.6 Å². The molecule has 0 saturated heterocycles. The van der Waals surface area contributed by atoms with Crippen molar-refractivity contribution in [2.45, 2.75) is 76.2 Å². The smallest absolute Gasteiger partial charge is 0.303 e. The molecule has 0 spiro atoms. The van der Waals surface area contributed by atoms with Crippen LogP contribution in [0.3, 0.4) is 0 Å². The number of allylic oxidation sites excluding steroid dienone is 4. The van der Waals surface area contributed by atoms with Gasteiger partial charge in [-0.2, -0.15) is 0 Å². The van der Waals surface area contributed by atoms with Crippen molar-refractivity contribution >= 4 is 28.4 Å². The van der Waals surface area contributed by atoms with E-state index >= 15 is 0 Å². The Morgan fingerprint density at radius 3 is 2.70 bits per heavy atom. The molecule has 4 aliphatic rings. The van der Waals surface area contributed by atoms with E-state index in [2.05, 4.69) is 42.0 Å². The summed E-state index contributed by atoms with van der Waals surface area (Å²) in [4.78, 5) is 36.9. The van der Waals surface area contributed by atoms with Gasteiger partial charge in [-0.05, 0) is 96.7 Å². The molecular weight excluding hydrogens is 466 g/mol. The van der Waals surface area contributed by atoms with E-state index in [1.54, 1.807) is 0 Å². The van der Waals surface area contributed by atoms with Crippen LogP contribution in [-0.2, 0) is 21.4 Å². The number of carboxylic acids is 1. The van der Waals surface area contributed by atoms with Crippen LogP contribution in [0.4, 0.5) is 0 Å². The summed E-state index contributed by atoms with van der Waals surface area (Å²) in [5, 5.41) is 22.3. The predicted octanol–water partition coefficient (Wildman–Crippen LogP) is 5.24. The number of Topliss-reactive ketones (excluding diaryl/α,β-unsaturated/α-hetero) is 1. The first-order valence-electron chi connectivity index (χ1n) is 13.6. The fourth-order valence-electron chi connectivity index (χ4n) is 8.37. The number of carboxylic acid groups (broad SMARTS) is 1. The Balaban J connectivity index is 1.49. The molecule has 0 amide bonds. The summed E-state index contributed by atoms with van der Waals surface area (Å²) < 4.78 is 2.10. The number of fused-ring (bicyclic) bond motifs is 5. The molecule has 37 heavy (non-hydrogen) atoms. The molecule has 4 aliphatic carbocycles. The molecule has 1 heterocycles. The monoisotopic (exact) mass is 501 g/mol. The normalized spacial score (nSPS) is 33.1. The molecule has 6 heteroatoms. The number of aryl methyl sites for hydroxylation is 1. The van der Waals surface area contributed by atoms with Gasteiger partial charge in [-0.3, -0.25) is 14.4 Å². The minimum absolute atomic E-state index is 0.0413. The number of carbonyl (C=O) groups is 3. The molecule has 2 N–H and O–H groups in total. The molecule has 5 atom stereocenters. The number of rotatable bonds is 5. The van der Waals surface area contributed by atoms with Crippen LogP contribution in [0.2, 0.25) is 0 Å². The van der Waals surface area contributed by atoms with Crippen molar-refractivity contribution in [2.24, 2.45) is 24.3 Å². The molecule has 2 saturated carbocycles. The summed E-state index contributed by atoms with van der Waals surface area (Å²) in [5.41, 5.74) is 4.13. The van der Waals surface area contributed by atoms with Crippen molar-refractivity contribution in [3.05, 3.63) is 58.8 Å². The van der Waals surface area contributed by atoms with Crippen LogP contribution in [0.15, 0.2) is 53.3 Å². The third-order valence-corrected chi connectivity index (χ3v) is 10.2. The number of carbonyl (C=O) groups excluding carboxylic acids is 2. The average Bonchev–Trinajstić information content (AvgIpc) is 3.38. The van der Waals surface area contributed by atoms with Gasteiger partial charge >= 0.3 is 5.97 Å². The van der Waals surface area contributed by atoms with Gasteiger partial charge in [-0.1, -0.05) is 18.6 Å². The largest absolute Gasteiger partial charge is 0.481 e. The lowest BCUT2D eigenvalue weighted by Gasteiger charge is -2.54. The minimum atomic E-state index is -1.52. The van der Waals surface area contributed by atoms with Crippen LogP contribution in [0.5, 0.6) is 0 Å². The maximum atomic E-state index is 13.4. The molecule has 0 radical (unpaired) electrons. The van der Waals surface area contributed by atoms with Crippen molar-refractivity contribution in [3.8, 4) is 0 Å².